The van der Waals surface area contributed by atoms with E-state index in [9.17, 15) is 4.79 Å². The van der Waals surface area contributed by atoms with Crippen LogP contribution in [0, 0.1) is 6.92 Å². The molecule has 1 aliphatic rings. The van der Waals surface area contributed by atoms with Crippen LogP contribution in [0.25, 0.3) is 5.69 Å². The highest BCUT2D eigenvalue weighted by Crippen LogP contribution is 2.22. The van der Waals surface area contributed by atoms with E-state index >= 15 is 0 Å². The zero-order valence-electron chi connectivity index (χ0n) is 18.2. The van der Waals surface area contributed by atoms with Crippen LogP contribution in [0.15, 0.2) is 59.7 Å². The quantitative estimate of drug-likeness (QED) is 0.621. The second kappa shape index (κ2) is 8.78. The first kappa shape index (κ1) is 20.3. The number of anilines is 2. The van der Waals surface area contributed by atoms with Gasteiger partial charge in [-0.25, -0.2) is 14.0 Å². The maximum absolute atomic E-state index is 12.8. The normalized spacial score (nSPS) is 14.5. The van der Waals surface area contributed by atoms with Crippen molar-refractivity contribution in [2.45, 2.75) is 39.7 Å². The van der Waals surface area contributed by atoms with Crippen LogP contribution in [0.2, 0.25) is 0 Å². The van der Waals surface area contributed by atoms with E-state index in [1.165, 1.54) is 16.9 Å². The molecule has 1 fully saturated rings. The fraction of sp³-hybridized carbons (Fsp3) is 0.417. The summed E-state index contributed by atoms with van der Waals surface area (Å²) in [6.07, 6.45) is 3.44. The highest BCUT2D eigenvalue weighted by molar-refractivity contribution is 5.54. The van der Waals surface area contributed by atoms with Crippen molar-refractivity contribution in [3.05, 3.63) is 70.9 Å². The molecule has 6 heteroatoms. The average Bonchev–Trinajstić information content (AvgIpc) is 3.17. The molecule has 0 atom stereocenters. The van der Waals surface area contributed by atoms with Crippen molar-refractivity contribution >= 4 is 11.4 Å². The van der Waals surface area contributed by atoms with Gasteiger partial charge in [0.1, 0.15) is 6.33 Å². The second-order valence-electron chi connectivity index (χ2n) is 8.02. The minimum Gasteiger partial charge on any atom is -0.368 e. The number of aromatic nitrogens is 3. The molecule has 1 saturated heterocycles. The summed E-state index contributed by atoms with van der Waals surface area (Å²) >= 11 is 0. The Morgan fingerprint density at radius 3 is 1.77 bits per heavy atom. The number of nitrogens with zero attached hydrogens (tertiary/aromatic N) is 5. The molecule has 0 unspecified atom stereocenters. The molecule has 6 nitrogen and oxygen atoms in total. The Kier molecular flexibility index (Phi) is 5.93. The van der Waals surface area contributed by atoms with Crippen molar-refractivity contribution in [1.29, 1.82) is 0 Å². The Morgan fingerprint density at radius 1 is 0.800 bits per heavy atom. The van der Waals surface area contributed by atoms with Crippen LogP contribution in [0.3, 0.4) is 0 Å². The first-order chi connectivity index (χ1) is 14.6. The SMILES string of the molecule is CCC(CC)n1ncn(-c2ccc(N3CCN(c4ccc(C)cc4)CC3)cc2)c1=O. The smallest absolute Gasteiger partial charge is 0.350 e. The maximum Gasteiger partial charge on any atom is 0.350 e. The number of hydrogen-bond acceptors (Lipinski definition) is 4. The number of aryl methyl sites for hydroxylation is 1. The highest BCUT2D eigenvalue weighted by Gasteiger charge is 2.18. The van der Waals surface area contributed by atoms with Gasteiger partial charge in [0.15, 0.2) is 0 Å². The summed E-state index contributed by atoms with van der Waals surface area (Å²) in [5.41, 5.74) is 4.58. The van der Waals surface area contributed by atoms with Crippen LogP contribution < -0.4 is 15.5 Å². The van der Waals surface area contributed by atoms with E-state index in [-0.39, 0.29) is 11.7 Å². The van der Waals surface area contributed by atoms with E-state index in [4.69, 9.17) is 0 Å². The summed E-state index contributed by atoms with van der Waals surface area (Å²) in [5, 5.41) is 4.34. The maximum atomic E-state index is 12.8. The summed E-state index contributed by atoms with van der Waals surface area (Å²) in [6.45, 7) is 10.3. The molecule has 0 amide bonds. The van der Waals surface area contributed by atoms with Crippen LogP contribution >= 0.6 is 0 Å². The Bertz CT molecular complexity index is 1010. The van der Waals surface area contributed by atoms with E-state index in [1.54, 1.807) is 15.6 Å². The lowest BCUT2D eigenvalue weighted by Gasteiger charge is -2.37. The summed E-state index contributed by atoms with van der Waals surface area (Å²) in [4.78, 5) is 17.6. The molecule has 3 aromatic rings. The molecule has 0 saturated carbocycles. The van der Waals surface area contributed by atoms with Crippen molar-refractivity contribution in [2.24, 2.45) is 0 Å². The third-order valence-corrected chi connectivity index (χ3v) is 6.15. The first-order valence-electron chi connectivity index (χ1n) is 10.9. The number of hydrogen-bond donors (Lipinski definition) is 0. The molecule has 30 heavy (non-hydrogen) atoms. The van der Waals surface area contributed by atoms with E-state index < -0.39 is 0 Å². The molecular weight excluding hydrogens is 374 g/mol. The van der Waals surface area contributed by atoms with Crippen molar-refractivity contribution in [1.82, 2.24) is 14.3 Å². The van der Waals surface area contributed by atoms with Gasteiger partial charge in [0.2, 0.25) is 0 Å². The third kappa shape index (κ3) is 3.99. The summed E-state index contributed by atoms with van der Waals surface area (Å²) in [7, 11) is 0. The molecule has 2 heterocycles. The lowest BCUT2D eigenvalue weighted by Crippen LogP contribution is -2.46. The van der Waals surface area contributed by atoms with Crippen molar-refractivity contribution in [2.75, 3.05) is 36.0 Å². The van der Waals surface area contributed by atoms with Gasteiger partial charge in [-0.1, -0.05) is 31.5 Å². The van der Waals surface area contributed by atoms with Gasteiger partial charge < -0.3 is 9.80 Å². The summed E-state index contributed by atoms with van der Waals surface area (Å²) < 4.78 is 3.25. The Balaban J connectivity index is 1.43. The van der Waals surface area contributed by atoms with Crippen LogP contribution in [-0.2, 0) is 0 Å². The standard InChI is InChI=1S/C24H31N5O/c1-4-20(5-2)29-24(30)28(18-25-29)23-12-10-22(11-13-23)27-16-14-26(15-17-27)21-8-6-19(3)7-9-21/h6-13,18,20H,4-5,14-17H2,1-3H3. The van der Waals surface area contributed by atoms with E-state index in [2.05, 4.69) is 72.1 Å². The summed E-state index contributed by atoms with van der Waals surface area (Å²) in [5.74, 6) is 0. The van der Waals surface area contributed by atoms with E-state index in [0.717, 1.165) is 44.7 Å². The van der Waals surface area contributed by atoms with Gasteiger partial charge >= 0.3 is 5.69 Å². The van der Waals surface area contributed by atoms with Gasteiger partial charge in [-0.15, -0.1) is 0 Å². The van der Waals surface area contributed by atoms with E-state index in [1.807, 2.05) is 12.1 Å². The van der Waals surface area contributed by atoms with Crippen molar-refractivity contribution < 1.29 is 0 Å². The van der Waals surface area contributed by atoms with Crippen LogP contribution in [0.1, 0.15) is 38.3 Å². The topological polar surface area (TPSA) is 46.3 Å². The molecule has 2 aromatic carbocycles. The minimum absolute atomic E-state index is 0.0665. The molecular formula is C24H31N5O. The molecule has 1 aliphatic heterocycles. The minimum atomic E-state index is -0.0665. The zero-order chi connectivity index (χ0) is 21.1. The number of benzene rings is 2. The highest BCUT2D eigenvalue weighted by atomic mass is 16.2. The van der Waals surface area contributed by atoms with Gasteiger partial charge in [-0.05, 0) is 56.2 Å². The van der Waals surface area contributed by atoms with Gasteiger partial charge in [0.25, 0.3) is 0 Å². The molecule has 0 N–H and O–H groups in total. The van der Waals surface area contributed by atoms with Gasteiger partial charge in [-0.2, -0.15) is 5.10 Å². The molecule has 4 rings (SSSR count). The largest absolute Gasteiger partial charge is 0.368 e. The molecule has 0 aliphatic carbocycles. The lowest BCUT2D eigenvalue weighted by atomic mass is 10.2. The van der Waals surface area contributed by atoms with Gasteiger partial charge in [0, 0.05) is 37.6 Å². The molecule has 0 bridgehead atoms. The predicted octanol–water partition coefficient (Wildman–Crippen LogP) is 4.03. The molecule has 0 spiro atoms. The average molecular weight is 406 g/mol. The van der Waals surface area contributed by atoms with Crippen molar-refractivity contribution in [3.63, 3.8) is 0 Å². The Hall–Kier alpha value is -3.02. The van der Waals surface area contributed by atoms with Gasteiger partial charge in [-0.3, -0.25) is 0 Å². The lowest BCUT2D eigenvalue weighted by molar-refractivity contribution is 0.414. The fourth-order valence-corrected chi connectivity index (χ4v) is 4.18. The first-order valence-corrected chi connectivity index (χ1v) is 10.9. The van der Waals surface area contributed by atoms with Crippen LogP contribution in [0.4, 0.5) is 11.4 Å². The van der Waals surface area contributed by atoms with Crippen molar-refractivity contribution in [3.8, 4) is 5.69 Å². The monoisotopic (exact) mass is 405 g/mol. The Morgan fingerprint density at radius 2 is 1.27 bits per heavy atom. The van der Waals surface area contributed by atoms with Crippen LogP contribution in [0.5, 0.6) is 0 Å². The molecule has 1 aromatic heterocycles. The zero-order valence-corrected chi connectivity index (χ0v) is 18.2. The molecule has 0 radical (unpaired) electrons. The van der Waals surface area contributed by atoms with Crippen LogP contribution in [-0.4, -0.2) is 40.5 Å². The third-order valence-electron chi connectivity index (χ3n) is 6.15. The summed E-state index contributed by atoms with van der Waals surface area (Å²) in [6, 6.07) is 17.2. The Labute approximate surface area is 178 Å². The number of rotatable bonds is 6. The second-order valence-corrected chi connectivity index (χ2v) is 8.02. The van der Waals surface area contributed by atoms with E-state index in [0.29, 0.717) is 0 Å². The fourth-order valence-electron chi connectivity index (χ4n) is 4.18. The predicted molar refractivity (Wildman–Crippen MR) is 123 cm³/mol. The molecule has 158 valence electrons. The van der Waals surface area contributed by atoms with Gasteiger partial charge in [0.05, 0.1) is 11.7 Å². The number of piperazine rings is 1.